The monoisotopic (exact) mass is 202 g/mol. The summed E-state index contributed by atoms with van der Waals surface area (Å²) in [7, 11) is 4.26. The normalized spacial score (nSPS) is 14.5. The van der Waals surface area contributed by atoms with Gasteiger partial charge in [0.1, 0.15) is 0 Å². The number of rotatable bonds is 8. The van der Waals surface area contributed by atoms with Gasteiger partial charge >= 0.3 is 0 Å². The molecule has 0 rings (SSSR count). The van der Waals surface area contributed by atoms with E-state index >= 15 is 0 Å². The zero-order valence-electron chi connectivity index (χ0n) is 9.69. The Kier molecular flexibility index (Phi) is 8.81. The molecule has 1 atom stereocenters. The van der Waals surface area contributed by atoms with Crippen molar-refractivity contribution in [3.8, 4) is 0 Å². The van der Waals surface area contributed by atoms with E-state index < -0.39 is 0 Å². The highest BCUT2D eigenvalue weighted by Gasteiger charge is 2.03. The van der Waals surface area contributed by atoms with Crippen molar-refractivity contribution in [2.45, 2.75) is 50.9 Å². The predicted molar refractivity (Wildman–Crippen MR) is 64.2 cm³/mol. The van der Waals surface area contributed by atoms with Crippen molar-refractivity contribution < 1.29 is 0 Å². The Morgan fingerprint density at radius 2 is 1.85 bits per heavy atom. The molecule has 0 amide bonds. The lowest BCUT2D eigenvalue weighted by Crippen LogP contribution is -2.37. The Bertz CT molecular complexity index is 105. The molecule has 1 unspecified atom stereocenters. The minimum absolute atomic E-state index is 0.222. The number of hydrogen-bond acceptors (Lipinski definition) is 2. The van der Waals surface area contributed by atoms with Gasteiger partial charge in [0.2, 0.25) is 0 Å². The molecule has 0 aromatic carbocycles. The minimum atomic E-state index is 0.222. The largest absolute Gasteiger partial charge is 0.305 e. The molecule has 0 bridgehead atoms. The maximum Gasteiger partial charge on any atom is 0.0566 e. The molecule has 2 N–H and O–H groups in total. The Balaban J connectivity index is 3.23. The standard InChI is InChI=1S/C10H26N2Si/c1-5-9(2)13-8-6-7-10(11-3)12-4/h9-12H,5-8,13H2,1-4H3. The van der Waals surface area contributed by atoms with Gasteiger partial charge < -0.3 is 10.6 Å². The van der Waals surface area contributed by atoms with Gasteiger partial charge in [0, 0.05) is 9.52 Å². The van der Waals surface area contributed by atoms with Crippen LogP contribution in [0, 0.1) is 0 Å². The number of nitrogens with one attached hydrogen (secondary N) is 2. The van der Waals surface area contributed by atoms with Crippen LogP contribution in [0.25, 0.3) is 0 Å². The van der Waals surface area contributed by atoms with E-state index in [9.17, 15) is 0 Å². The molecule has 0 heterocycles. The van der Waals surface area contributed by atoms with E-state index in [4.69, 9.17) is 0 Å². The van der Waals surface area contributed by atoms with Crippen LogP contribution in [0.5, 0.6) is 0 Å². The maximum atomic E-state index is 3.26. The van der Waals surface area contributed by atoms with E-state index in [0.717, 1.165) is 5.54 Å². The van der Waals surface area contributed by atoms with Gasteiger partial charge in [-0.25, -0.2) is 0 Å². The molecule has 13 heavy (non-hydrogen) atoms. The quantitative estimate of drug-likeness (QED) is 0.353. The summed E-state index contributed by atoms with van der Waals surface area (Å²) in [5.41, 5.74) is 1.04. The van der Waals surface area contributed by atoms with Crippen LogP contribution in [0.1, 0.15) is 33.1 Å². The first-order valence-electron chi connectivity index (χ1n) is 5.59. The first-order chi connectivity index (χ1) is 6.24. The summed E-state index contributed by atoms with van der Waals surface area (Å²) in [6, 6.07) is 1.51. The summed E-state index contributed by atoms with van der Waals surface area (Å²) < 4.78 is 0. The smallest absolute Gasteiger partial charge is 0.0566 e. The molecule has 0 aliphatic carbocycles. The minimum Gasteiger partial charge on any atom is -0.305 e. The van der Waals surface area contributed by atoms with Crippen molar-refractivity contribution in [1.29, 1.82) is 0 Å². The summed E-state index contributed by atoms with van der Waals surface area (Å²) >= 11 is 0. The second-order valence-corrected chi connectivity index (χ2v) is 6.61. The third-order valence-corrected chi connectivity index (χ3v) is 5.30. The van der Waals surface area contributed by atoms with Crippen LogP contribution in [-0.2, 0) is 0 Å². The van der Waals surface area contributed by atoms with Crippen molar-refractivity contribution in [3.63, 3.8) is 0 Å². The van der Waals surface area contributed by atoms with E-state index in [1.165, 1.54) is 25.3 Å². The van der Waals surface area contributed by atoms with Gasteiger partial charge in [-0.3, -0.25) is 0 Å². The van der Waals surface area contributed by atoms with Gasteiger partial charge in [0.25, 0.3) is 0 Å². The fraction of sp³-hybridized carbons (Fsp3) is 1.00. The van der Waals surface area contributed by atoms with E-state index in [0.29, 0.717) is 6.17 Å². The molecule has 3 heteroatoms. The Hall–Kier alpha value is 0.137. The van der Waals surface area contributed by atoms with Gasteiger partial charge in [-0.1, -0.05) is 38.3 Å². The lowest BCUT2D eigenvalue weighted by Gasteiger charge is -2.15. The molecular weight excluding hydrogens is 176 g/mol. The number of hydrogen-bond donors (Lipinski definition) is 2. The fourth-order valence-electron chi connectivity index (χ4n) is 1.48. The van der Waals surface area contributed by atoms with Crippen LogP contribution in [-0.4, -0.2) is 29.8 Å². The van der Waals surface area contributed by atoms with Crippen molar-refractivity contribution in [1.82, 2.24) is 10.6 Å². The average Bonchev–Trinajstić information content (AvgIpc) is 2.18. The van der Waals surface area contributed by atoms with E-state index in [1.807, 2.05) is 14.1 Å². The molecule has 0 spiro atoms. The molecule has 0 radical (unpaired) electrons. The molecule has 80 valence electrons. The van der Waals surface area contributed by atoms with E-state index in [-0.39, 0.29) is 9.52 Å². The highest BCUT2D eigenvalue weighted by atomic mass is 28.2. The van der Waals surface area contributed by atoms with Gasteiger partial charge in [0.05, 0.1) is 6.17 Å². The summed E-state index contributed by atoms with van der Waals surface area (Å²) in [5, 5.41) is 6.52. The molecule has 0 aliphatic heterocycles. The first kappa shape index (κ1) is 13.1. The predicted octanol–water partition coefficient (Wildman–Crippen LogP) is 1.34. The molecule has 0 fully saturated rings. The zero-order valence-corrected chi connectivity index (χ0v) is 11.1. The van der Waals surface area contributed by atoms with Crippen molar-refractivity contribution in [3.05, 3.63) is 0 Å². The van der Waals surface area contributed by atoms with Gasteiger partial charge in [0.15, 0.2) is 0 Å². The van der Waals surface area contributed by atoms with Crippen LogP contribution >= 0.6 is 0 Å². The molecule has 0 aromatic rings. The van der Waals surface area contributed by atoms with Crippen LogP contribution in [0.3, 0.4) is 0 Å². The lowest BCUT2D eigenvalue weighted by atomic mass is 10.3. The highest BCUT2D eigenvalue weighted by Crippen LogP contribution is 2.10. The van der Waals surface area contributed by atoms with Gasteiger partial charge in [-0.05, 0) is 20.5 Å². The van der Waals surface area contributed by atoms with Crippen molar-refractivity contribution >= 4 is 9.52 Å². The average molecular weight is 202 g/mol. The molecule has 2 nitrogen and oxygen atoms in total. The molecule has 0 aliphatic rings. The van der Waals surface area contributed by atoms with Gasteiger partial charge in [-0.2, -0.15) is 0 Å². The SMILES string of the molecule is CCC(C)[SiH2]CCCC(NC)NC. The van der Waals surface area contributed by atoms with Crippen LogP contribution in [0.15, 0.2) is 0 Å². The van der Waals surface area contributed by atoms with Crippen LogP contribution in [0.2, 0.25) is 11.6 Å². The molecule has 0 saturated carbocycles. The van der Waals surface area contributed by atoms with E-state index in [1.54, 1.807) is 0 Å². The Labute approximate surface area is 85.7 Å². The third-order valence-electron chi connectivity index (χ3n) is 2.83. The second-order valence-electron chi connectivity index (χ2n) is 3.93. The third kappa shape index (κ3) is 7.23. The summed E-state index contributed by atoms with van der Waals surface area (Å²) in [4.78, 5) is 0. The summed E-state index contributed by atoms with van der Waals surface area (Å²) in [6.07, 6.45) is 4.57. The van der Waals surface area contributed by atoms with Crippen molar-refractivity contribution in [2.75, 3.05) is 14.1 Å². The van der Waals surface area contributed by atoms with Crippen molar-refractivity contribution in [2.24, 2.45) is 0 Å². The van der Waals surface area contributed by atoms with Gasteiger partial charge in [-0.15, -0.1) is 0 Å². The molecular formula is C10H26N2Si. The first-order valence-corrected chi connectivity index (χ1v) is 7.40. The molecule has 0 saturated heterocycles. The Morgan fingerprint density at radius 1 is 1.23 bits per heavy atom. The Morgan fingerprint density at radius 3 is 2.31 bits per heavy atom. The highest BCUT2D eigenvalue weighted by molar-refractivity contribution is 6.37. The van der Waals surface area contributed by atoms with Crippen LogP contribution < -0.4 is 10.6 Å². The summed E-state index contributed by atoms with van der Waals surface area (Å²) in [6.45, 7) is 4.71. The van der Waals surface area contributed by atoms with E-state index in [2.05, 4.69) is 24.5 Å². The summed E-state index contributed by atoms with van der Waals surface area (Å²) in [5.74, 6) is 0. The molecule has 0 aromatic heterocycles. The topological polar surface area (TPSA) is 24.1 Å². The maximum absolute atomic E-state index is 3.26. The fourth-order valence-corrected chi connectivity index (χ4v) is 3.16. The van der Waals surface area contributed by atoms with Crippen LogP contribution in [0.4, 0.5) is 0 Å². The lowest BCUT2D eigenvalue weighted by molar-refractivity contribution is 0.457. The zero-order chi connectivity index (χ0) is 10.1. The second kappa shape index (κ2) is 8.72.